The Labute approximate surface area is 118 Å². The number of thioether (sulfide) groups is 1. The Balaban J connectivity index is 1.57. The van der Waals surface area contributed by atoms with E-state index in [4.69, 9.17) is 9.47 Å². The summed E-state index contributed by atoms with van der Waals surface area (Å²) >= 11 is 1.68. The van der Waals surface area contributed by atoms with E-state index in [-0.39, 0.29) is 12.1 Å². The highest BCUT2D eigenvalue weighted by molar-refractivity contribution is 7.99. The van der Waals surface area contributed by atoms with Crippen LogP contribution in [0, 0.1) is 0 Å². The van der Waals surface area contributed by atoms with Crippen LogP contribution < -0.4 is 0 Å². The van der Waals surface area contributed by atoms with Crippen LogP contribution in [0.1, 0.15) is 25.7 Å². The molecule has 19 heavy (non-hydrogen) atoms. The molecule has 2 rings (SSSR count). The first kappa shape index (κ1) is 14.4. The zero-order chi connectivity index (χ0) is 13.3. The summed E-state index contributed by atoms with van der Waals surface area (Å²) in [5.41, 5.74) is 0. The number of rotatable bonds is 6. The molecular formula is C15H20O3S. The van der Waals surface area contributed by atoms with Crippen molar-refractivity contribution >= 4 is 17.7 Å². The number of hydrogen-bond donors (Lipinski definition) is 0. The largest absolute Gasteiger partial charge is 0.463 e. The third-order valence-electron chi connectivity index (χ3n) is 3.02. The van der Waals surface area contributed by atoms with Crippen molar-refractivity contribution in [3.8, 4) is 0 Å². The second kappa shape index (κ2) is 8.23. The molecule has 1 aliphatic rings. The van der Waals surface area contributed by atoms with Gasteiger partial charge in [-0.25, -0.2) is 0 Å². The van der Waals surface area contributed by atoms with Crippen molar-refractivity contribution in [1.82, 2.24) is 0 Å². The molecule has 1 aromatic carbocycles. The summed E-state index contributed by atoms with van der Waals surface area (Å²) in [6.45, 7) is 1.21. The standard InChI is InChI=1S/C15H20O3S/c16-15(18-12-13-6-4-5-10-17-13)9-11-19-14-7-2-1-3-8-14/h1-3,7-8,13H,4-6,9-12H2. The van der Waals surface area contributed by atoms with E-state index in [9.17, 15) is 4.79 Å². The van der Waals surface area contributed by atoms with Gasteiger partial charge in [-0.05, 0) is 31.4 Å². The van der Waals surface area contributed by atoms with Crippen molar-refractivity contribution in [2.24, 2.45) is 0 Å². The van der Waals surface area contributed by atoms with Gasteiger partial charge in [-0.15, -0.1) is 11.8 Å². The van der Waals surface area contributed by atoms with Crippen molar-refractivity contribution in [3.05, 3.63) is 30.3 Å². The first-order chi connectivity index (χ1) is 9.34. The average Bonchev–Trinajstić information content (AvgIpc) is 2.47. The zero-order valence-corrected chi connectivity index (χ0v) is 11.9. The van der Waals surface area contributed by atoms with Gasteiger partial charge in [-0.2, -0.15) is 0 Å². The van der Waals surface area contributed by atoms with Gasteiger partial charge in [0.2, 0.25) is 0 Å². The van der Waals surface area contributed by atoms with Gasteiger partial charge in [0, 0.05) is 17.3 Å². The van der Waals surface area contributed by atoms with Crippen LogP contribution in [0.2, 0.25) is 0 Å². The van der Waals surface area contributed by atoms with Crippen molar-refractivity contribution in [2.75, 3.05) is 19.0 Å². The van der Waals surface area contributed by atoms with Crippen LogP contribution in [0.25, 0.3) is 0 Å². The van der Waals surface area contributed by atoms with Crippen LogP contribution in [0.15, 0.2) is 35.2 Å². The molecule has 1 saturated heterocycles. The Hall–Kier alpha value is -1.00. The van der Waals surface area contributed by atoms with Crippen molar-refractivity contribution < 1.29 is 14.3 Å². The molecule has 0 N–H and O–H groups in total. The Kier molecular flexibility index (Phi) is 6.24. The topological polar surface area (TPSA) is 35.5 Å². The van der Waals surface area contributed by atoms with Gasteiger partial charge in [-0.1, -0.05) is 18.2 Å². The lowest BCUT2D eigenvalue weighted by molar-refractivity contribution is -0.148. The highest BCUT2D eigenvalue weighted by Gasteiger charge is 2.15. The molecule has 1 unspecified atom stereocenters. The fourth-order valence-electron chi connectivity index (χ4n) is 1.97. The maximum Gasteiger partial charge on any atom is 0.306 e. The molecule has 1 heterocycles. The van der Waals surface area contributed by atoms with E-state index in [0.29, 0.717) is 13.0 Å². The minimum absolute atomic E-state index is 0.111. The Bertz CT molecular complexity index is 374. The van der Waals surface area contributed by atoms with Crippen LogP contribution in [0.5, 0.6) is 0 Å². The third kappa shape index (κ3) is 5.66. The van der Waals surface area contributed by atoms with E-state index >= 15 is 0 Å². The van der Waals surface area contributed by atoms with Gasteiger partial charge in [-0.3, -0.25) is 4.79 Å². The Morgan fingerprint density at radius 1 is 1.32 bits per heavy atom. The lowest BCUT2D eigenvalue weighted by Gasteiger charge is -2.22. The van der Waals surface area contributed by atoms with E-state index < -0.39 is 0 Å². The summed E-state index contributed by atoms with van der Waals surface area (Å²) in [6, 6.07) is 10.1. The van der Waals surface area contributed by atoms with Gasteiger partial charge >= 0.3 is 5.97 Å². The maximum atomic E-state index is 11.6. The van der Waals surface area contributed by atoms with Gasteiger partial charge < -0.3 is 9.47 Å². The first-order valence-corrected chi connectivity index (χ1v) is 7.78. The van der Waals surface area contributed by atoms with E-state index in [0.717, 1.165) is 25.2 Å². The summed E-state index contributed by atoms with van der Waals surface area (Å²) in [5.74, 6) is 0.631. The highest BCUT2D eigenvalue weighted by atomic mass is 32.2. The van der Waals surface area contributed by atoms with Gasteiger partial charge in [0.05, 0.1) is 12.5 Å². The number of ether oxygens (including phenoxy) is 2. The van der Waals surface area contributed by atoms with Crippen LogP contribution in [0.3, 0.4) is 0 Å². The third-order valence-corrected chi connectivity index (χ3v) is 4.04. The zero-order valence-electron chi connectivity index (χ0n) is 11.0. The second-order valence-electron chi connectivity index (χ2n) is 4.58. The molecule has 1 aliphatic heterocycles. The Morgan fingerprint density at radius 3 is 2.89 bits per heavy atom. The SMILES string of the molecule is O=C(CCSc1ccccc1)OCC1CCCCO1. The predicted octanol–water partition coefficient (Wildman–Crippen LogP) is 3.28. The van der Waals surface area contributed by atoms with Gasteiger partial charge in [0.1, 0.15) is 6.61 Å². The maximum absolute atomic E-state index is 11.6. The molecule has 4 heteroatoms. The van der Waals surface area contributed by atoms with E-state index in [1.165, 1.54) is 11.3 Å². The molecule has 1 aromatic rings. The summed E-state index contributed by atoms with van der Waals surface area (Å²) in [4.78, 5) is 12.8. The van der Waals surface area contributed by atoms with E-state index in [2.05, 4.69) is 0 Å². The van der Waals surface area contributed by atoms with Crippen molar-refractivity contribution in [3.63, 3.8) is 0 Å². The van der Waals surface area contributed by atoms with Gasteiger partial charge in [0.25, 0.3) is 0 Å². The molecule has 0 aromatic heterocycles. The molecule has 0 bridgehead atoms. The van der Waals surface area contributed by atoms with Gasteiger partial charge in [0.15, 0.2) is 0 Å². The summed E-state index contributed by atoms with van der Waals surface area (Å²) in [7, 11) is 0. The van der Waals surface area contributed by atoms with Crippen LogP contribution >= 0.6 is 11.8 Å². The lowest BCUT2D eigenvalue weighted by Crippen LogP contribution is -2.26. The number of carbonyl (C=O) groups is 1. The lowest BCUT2D eigenvalue weighted by atomic mass is 10.1. The molecular weight excluding hydrogens is 260 g/mol. The van der Waals surface area contributed by atoms with Crippen LogP contribution in [-0.2, 0) is 14.3 Å². The Morgan fingerprint density at radius 2 is 2.16 bits per heavy atom. The molecule has 1 fully saturated rings. The smallest absolute Gasteiger partial charge is 0.306 e. The number of esters is 1. The molecule has 0 radical (unpaired) electrons. The monoisotopic (exact) mass is 280 g/mol. The summed E-state index contributed by atoms with van der Waals surface area (Å²) in [6.07, 6.45) is 3.86. The summed E-state index contributed by atoms with van der Waals surface area (Å²) in [5, 5.41) is 0. The highest BCUT2D eigenvalue weighted by Crippen LogP contribution is 2.18. The quantitative estimate of drug-likeness (QED) is 0.592. The number of benzene rings is 1. The molecule has 104 valence electrons. The molecule has 0 spiro atoms. The summed E-state index contributed by atoms with van der Waals surface area (Å²) < 4.78 is 10.8. The van der Waals surface area contributed by atoms with Crippen LogP contribution in [-0.4, -0.2) is 31.0 Å². The fourth-order valence-corrected chi connectivity index (χ4v) is 2.82. The molecule has 0 amide bonds. The molecule has 0 aliphatic carbocycles. The first-order valence-electron chi connectivity index (χ1n) is 6.79. The average molecular weight is 280 g/mol. The molecule has 1 atom stereocenters. The fraction of sp³-hybridized carbons (Fsp3) is 0.533. The number of hydrogen-bond acceptors (Lipinski definition) is 4. The van der Waals surface area contributed by atoms with Crippen LogP contribution in [0.4, 0.5) is 0 Å². The minimum Gasteiger partial charge on any atom is -0.463 e. The predicted molar refractivity (Wildman–Crippen MR) is 76.3 cm³/mol. The van der Waals surface area contributed by atoms with Crippen molar-refractivity contribution in [2.45, 2.75) is 36.7 Å². The second-order valence-corrected chi connectivity index (χ2v) is 5.75. The number of carbonyl (C=O) groups excluding carboxylic acids is 1. The van der Waals surface area contributed by atoms with E-state index in [1.54, 1.807) is 11.8 Å². The van der Waals surface area contributed by atoms with E-state index in [1.807, 2.05) is 30.3 Å². The molecule has 3 nitrogen and oxygen atoms in total. The minimum atomic E-state index is -0.127. The molecule has 0 saturated carbocycles. The normalized spacial score (nSPS) is 19.1. The van der Waals surface area contributed by atoms with Crippen molar-refractivity contribution in [1.29, 1.82) is 0 Å².